The second kappa shape index (κ2) is 8.75. The summed E-state index contributed by atoms with van der Waals surface area (Å²) < 4.78 is 32.7. The van der Waals surface area contributed by atoms with E-state index in [0.717, 1.165) is 30.6 Å². The summed E-state index contributed by atoms with van der Waals surface area (Å²) in [6, 6.07) is 12.3. The van der Waals surface area contributed by atoms with Crippen molar-refractivity contribution >= 4 is 15.9 Å². The molecule has 1 saturated heterocycles. The average molecular weight is 403 g/mol. The predicted molar refractivity (Wildman–Crippen MR) is 108 cm³/mol. The van der Waals surface area contributed by atoms with Crippen LogP contribution in [-0.2, 0) is 16.6 Å². The second-order valence-electron chi connectivity index (χ2n) is 6.98. The van der Waals surface area contributed by atoms with Crippen LogP contribution < -0.4 is 10.1 Å². The van der Waals surface area contributed by atoms with Crippen molar-refractivity contribution in [1.82, 2.24) is 9.62 Å². The molecule has 1 N–H and O–H groups in total. The van der Waals surface area contributed by atoms with Gasteiger partial charge in [-0.3, -0.25) is 4.79 Å². The van der Waals surface area contributed by atoms with Gasteiger partial charge in [-0.25, -0.2) is 8.42 Å². The molecule has 0 aromatic heterocycles. The lowest BCUT2D eigenvalue weighted by atomic mass is 10.1. The zero-order valence-electron chi connectivity index (χ0n) is 16.3. The van der Waals surface area contributed by atoms with Crippen LogP contribution in [0.5, 0.6) is 5.75 Å². The minimum atomic E-state index is -3.59. The molecule has 0 spiro atoms. The summed E-state index contributed by atoms with van der Waals surface area (Å²) in [5.41, 5.74) is 1.89. The number of methoxy groups -OCH3 is 1. The van der Waals surface area contributed by atoms with Gasteiger partial charge in [0.15, 0.2) is 0 Å². The highest BCUT2D eigenvalue weighted by atomic mass is 32.2. The third-order valence-corrected chi connectivity index (χ3v) is 7.01. The quantitative estimate of drug-likeness (QED) is 0.806. The number of nitrogens with zero attached hydrogens (tertiary/aromatic N) is 1. The number of nitrogens with one attached hydrogen (secondary N) is 1. The smallest absolute Gasteiger partial charge is 0.251 e. The lowest BCUT2D eigenvalue weighted by Gasteiger charge is -2.26. The first-order valence-electron chi connectivity index (χ1n) is 9.44. The molecule has 0 aliphatic carbocycles. The zero-order valence-corrected chi connectivity index (χ0v) is 17.1. The number of hydrogen-bond acceptors (Lipinski definition) is 4. The number of ether oxygens (including phenoxy) is 1. The van der Waals surface area contributed by atoms with E-state index < -0.39 is 10.0 Å². The van der Waals surface area contributed by atoms with Crippen LogP contribution in [0.2, 0.25) is 0 Å². The fourth-order valence-corrected chi connectivity index (χ4v) is 5.10. The molecule has 1 fully saturated rings. The molecule has 3 rings (SSSR count). The van der Waals surface area contributed by atoms with Crippen molar-refractivity contribution in [2.45, 2.75) is 37.6 Å². The fraction of sp³-hybridized carbons (Fsp3) is 0.381. The highest BCUT2D eigenvalue weighted by Gasteiger charge is 2.28. The second-order valence-corrected chi connectivity index (χ2v) is 8.89. The van der Waals surface area contributed by atoms with Gasteiger partial charge in [-0.05, 0) is 55.2 Å². The average Bonchev–Trinajstić information content (AvgIpc) is 2.73. The molecule has 1 heterocycles. The van der Waals surface area contributed by atoms with E-state index in [4.69, 9.17) is 4.74 Å². The Kier molecular flexibility index (Phi) is 6.36. The Morgan fingerprint density at radius 1 is 1.11 bits per heavy atom. The van der Waals surface area contributed by atoms with Crippen LogP contribution in [-0.4, -0.2) is 38.8 Å². The number of carbonyl (C=O) groups is 1. The summed E-state index contributed by atoms with van der Waals surface area (Å²) in [5.74, 6) is 0.412. The summed E-state index contributed by atoms with van der Waals surface area (Å²) in [6.45, 7) is 3.16. The highest BCUT2D eigenvalue weighted by Crippen LogP contribution is 2.24. The maximum Gasteiger partial charge on any atom is 0.251 e. The molecule has 7 heteroatoms. The highest BCUT2D eigenvalue weighted by molar-refractivity contribution is 7.89. The largest absolute Gasteiger partial charge is 0.497 e. The lowest BCUT2D eigenvalue weighted by molar-refractivity contribution is 0.0950. The van der Waals surface area contributed by atoms with Crippen molar-refractivity contribution in [3.63, 3.8) is 0 Å². The molecule has 6 nitrogen and oxygen atoms in total. The molecular formula is C21H26N2O4S. The molecular weight excluding hydrogens is 376 g/mol. The Labute approximate surface area is 166 Å². The van der Waals surface area contributed by atoms with E-state index in [9.17, 15) is 13.2 Å². The van der Waals surface area contributed by atoms with Gasteiger partial charge in [0.25, 0.3) is 5.91 Å². The van der Waals surface area contributed by atoms with Gasteiger partial charge in [0, 0.05) is 25.2 Å². The van der Waals surface area contributed by atoms with E-state index in [1.54, 1.807) is 26.2 Å². The van der Waals surface area contributed by atoms with Gasteiger partial charge in [-0.2, -0.15) is 4.31 Å². The lowest BCUT2D eigenvalue weighted by Crippen LogP contribution is -2.36. The molecule has 0 unspecified atom stereocenters. The van der Waals surface area contributed by atoms with Crippen molar-refractivity contribution < 1.29 is 17.9 Å². The number of rotatable bonds is 6. The maximum atomic E-state index is 13.0. The monoisotopic (exact) mass is 402 g/mol. The van der Waals surface area contributed by atoms with E-state index in [0.29, 0.717) is 30.8 Å². The first-order chi connectivity index (χ1) is 13.4. The molecule has 1 amide bonds. The standard InChI is InChI=1S/C21H26N2O4S/c1-16-9-10-18(14-20(16)28(25,26)23-11-4-3-5-12-23)21(24)22-15-17-7-6-8-19(13-17)27-2/h6-10,13-14H,3-5,11-12,15H2,1-2H3,(H,22,24). The number of benzene rings is 2. The molecule has 28 heavy (non-hydrogen) atoms. The summed E-state index contributed by atoms with van der Waals surface area (Å²) in [6.07, 6.45) is 2.80. The molecule has 2 aromatic rings. The van der Waals surface area contributed by atoms with Crippen LogP contribution in [0.3, 0.4) is 0 Å². The van der Waals surface area contributed by atoms with Crippen LogP contribution in [0, 0.1) is 6.92 Å². The van der Waals surface area contributed by atoms with Gasteiger partial charge in [0.1, 0.15) is 5.75 Å². The number of amides is 1. The van der Waals surface area contributed by atoms with E-state index in [1.165, 1.54) is 10.4 Å². The summed E-state index contributed by atoms with van der Waals surface area (Å²) in [4.78, 5) is 12.8. The number of aryl methyl sites for hydroxylation is 1. The fourth-order valence-electron chi connectivity index (χ4n) is 3.33. The first-order valence-corrected chi connectivity index (χ1v) is 10.9. The van der Waals surface area contributed by atoms with Crippen LogP contribution in [0.15, 0.2) is 47.4 Å². The molecule has 150 valence electrons. The Morgan fingerprint density at radius 3 is 2.57 bits per heavy atom. The number of sulfonamides is 1. The topological polar surface area (TPSA) is 75.7 Å². The Hall–Kier alpha value is -2.38. The third-order valence-electron chi connectivity index (χ3n) is 4.97. The number of piperidine rings is 1. The Bertz CT molecular complexity index is 951. The van der Waals surface area contributed by atoms with Crippen molar-refractivity contribution in [2.24, 2.45) is 0 Å². The number of hydrogen-bond donors (Lipinski definition) is 1. The van der Waals surface area contributed by atoms with Gasteiger partial charge in [0.2, 0.25) is 10.0 Å². The van der Waals surface area contributed by atoms with E-state index in [1.807, 2.05) is 24.3 Å². The minimum Gasteiger partial charge on any atom is -0.497 e. The molecule has 2 aromatic carbocycles. The van der Waals surface area contributed by atoms with Gasteiger partial charge in [-0.15, -0.1) is 0 Å². The zero-order chi connectivity index (χ0) is 20.1. The summed E-state index contributed by atoms with van der Waals surface area (Å²) >= 11 is 0. The summed E-state index contributed by atoms with van der Waals surface area (Å²) in [5, 5.41) is 2.84. The van der Waals surface area contributed by atoms with Gasteiger partial charge in [-0.1, -0.05) is 24.6 Å². The predicted octanol–water partition coefficient (Wildman–Crippen LogP) is 3.11. The van der Waals surface area contributed by atoms with Crippen LogP contribution in [0.4, 0.5) is 0 Å². The molecule has 0 atom stereocenters. The molecule has 0 bridgehead atoms. The van der Waals surface area contributed by atoms with Crippen molar-refractivity contribution in [1.29, 1.82) is 0 Å². The van der Waals surface area contributed by atoms with Crippen molar-refractivity contribution in [3.8, 4) is 5.75 Å². The molecule has 0 radical (unpaired) electrons. The van der Waals surface area contributed by atoms with Crippen molar-refractivity contribution in [3.05, 3.63) is 59.2 Å². The van der Waals surface area contributed by atoms with Gasteiger partial charge < -0.3 is 10.1 Å². The van der Waals surface area contributed by atoms with E-state index in [-0.39, 0.29) is 10.8 Å². The van der Waals surface area contributed by atoms with Crippen LogP contribution in [0.1, 0.15) is 40.7 Å². The third kappa shape index (κ3) is 4.54. The maximum absolute atomic E-state index is 13.0. The molecule has 1 aliphatic rings. The van der Waals surface area contributed by atoms with Crippen molar-refractivity contribution in [2.75, 3.05) is 20.2 Å². The minimum absolute atomic E-state index is 0.212. The van der Waals surface area contributed by atoms with Gasteiger partial charge in [0.05, 0.1) is 12.0 Å². The van der Waals surface area contributed by atoms with Crippen LogP contribution >= 0.6 is 0 Å². The normalized spacial score (nSPS) is 15.2. The SMILES string of the molecule is COc1cccc(CNC(=O)c2ccc(C)c(S(=O)(=O)N3CCCCC3)c2)c1. The Morgan fingerprint density at radius 2 is 1.86 bits per heavy atom. The Balaban J connectivity index is 1.77. The van der Waals surface area contributed by atoms with E-state index >= 15 is 0 Å². The molecule has 1 aliphatic heterocycles. The first kappa shape index (κ1) is 20.4. The van der Waals surface area contributed by atoms with E-state index in [2.05, 4.69) is 5.32 Å². The van der Waals surface area contributed by atoms with Gasteiger partial charge >= 0.3 is 0 Å². The molecule has 0 saturated carbocycles. The summed E-state index contributed by atoms with van der Waals surface area (Å²) in [7, 11) is -2.00. The van der Waals surface area contributed by atoms with Crippen LogP contribution in [0.25, 0.3) is 0 Å². The number of carbonyl (C=O) groups excluding carboxylic acids is 1.